The van der Waals surface area contributed by atoms with Gasteiger partial charge in [0.2, 0.25) is 0 Å². The molecule has 0 N–H and O–H groups in total. The third kappa shape index (κ3) is 13.0. The van der Waals surface area contributed by atoms with E-state index in [0.717, 1.165) is 84.9 Å². The summed E-state index contributed by atoms with van der Waals surface area (Å²) in [6.45, 7) is 14.2. The summed E-state index contributed by atoms with van der Waals surface area (Å²) in [5.41, 5.74) is 4.94. The zero-order valence-electron chi connectivity index (χ0n) is 33.3. The lowest BCUT2D eigenvalue weighted by Crippen LogP contribution is -3.00. The maximum absolute atomic E-state index is 12.6. The van der Waals surface area contributed by atoms with Crippen molar-refractivity contribution >= 4 is 17.8 Å². The molecule has 0 saturated carbocycles. The summed E-state index contributed by atoms with van der Waals surface area (Å²) >= 11 is 0. The third-order valence-corrected chi connectivity index (χ3v) is 9.66. The number of hydrogen-bond acceptors (Lipinski definition) is 8. The molecule has 0 amide bonds. The van der Waals surface area contributed by atoms with Crippen molar-refractivity contribution in [1.82, 2.24) is 4.90 Å². The van der Waals surface area contributed by atoms with E-state index < -0.39 is 0 Å². The zero-order chi connectivity index (χ0) is 37.2. The van der Waals surface area contributed by atoms with Crippen molar-refractivity contribution in [3.63, 3.8) is 0 Å². The van der Waals surface area contributed by atoms with E-state index in [1.54, 1.807) is 35.4 Å². The fourth-order valence-electron chi connectivity index (χ4n) is 7.28. The minimum atomic E-state index is 0. The summed E-state index contributed by atoms with van der Waals surface area (Å²) in [6, 6.07) is 8.35. The van der Waals surface area contributed by atoms with Crippen LogP contribution >= 0.6 is 0 Å². The lowest BCUT2D eigenvalue weighted by molar-refractivity contribution is -0.872. The van der Waals surface area contributed by atoms with Crippen molar-refractivity contribution in [3.8, 4) is 23.0 Å². The van der Waals surface area contributed by atoms with Crippen molar-refractivity contribution in [2.45, 2.75) is 72.8 Å². The van der Waals surface area contributed by atoms with Gasteiger partial charge in [-0.05, 0) is 91.0 Å². The summed E-state index contributed by atoms with van der Waals surface area (Å²) < 4.78 is 22.2. The van der Waals surface area contributed by atoms with Crippen LogP contribution in [0.25, 0.3) is 0 Å². The van der Waals surface area contributed by atoms with E-state index in [4.69, 9.17) is 18.9 Å². The van der Waals surface area contributed by atoms with Crippen molar-refractivity contribution in [2.75, 3.05) is 75.8 Å². The van der Waals surface area contributed by atoms with Gasteiger partial charge in [0, 0.05) is 44.2 Å². The number of nitrogens with zero attached hydrogens (tertiary/aromatic N) is 3. The number of benzene rings is 2. The van der Waals surface area contributed by atoms with Crippen LogP contribution in [-0.4, -0.2) is 103 Å². The van der Waals surface area contributed by atoms with Gasteiger partial charge >= 0.3 is 0 Å². The fraction of sp³-hybridized carbons (Fsp3) is 0.634. The van der Waals surface area contributed by atoms with E-state index in [1.807, 2.05) is 18.3 Å². The summed E-state index contributed by atoms with van der Waals surface area (Å²) in [7, 11) is 13.0. The van der Waals surface area contributed by atoms with Crippen LogP contribution in [0.5, 0.6) is 23.0 Å². The van der Waals surface area contributed by atoms with Crippen LogP contribution in [0.4, 0.5) is 0 Å². The Bertz CT molecular complexity index is 1470. The van der Waals surface area contributed by atoms with Crippen molar-refractivity contribution < 1.29 is 57.0 Å². The van der Waals surface area contributed by atoms with E-state index in [2.05, 4.69) is 70.9 Å². The van der Waals surface area contributed by atoms with Gasteiger partial charge in [0.25, 0.3) is 0 Å². The van der Waals surface area contributed by atoms with Gasteiger partial charge in [0.15, 0.2) is 23.0 Å². The molecule has 0 spiro atoms. The van der Waals surface area contributed by atoms with E-state index in [9.17, 15) is 9.59 Å². The van der Waals surface area contributed by atoms with Gasteiger partial charge in [-0.15, -0.1) is 0 Å². The fourth-order valence-corrected chi connectivity index (χ4v) is 7.28. The molecular formula is C41H64IN3O6. The van der Waals surface area contributed by atoms with Crippen molar-refractivity contribution in [1.29, 1.82) is 0 Å². The highest BCUT2D eigenvalue weighted by atomic mass is 127. The van der Waals surface area contributed by atoms with Gasteiger partial charge < -0.3 is 47.4 Å². The van der Waals surface area contributed by atoms with E-state index >= 15 is 0 Å². The molecule has 3 aliphatic heterocycles. The highest BCUT2D eigenvalue weighted by Gasteiger charge is 2.38. The normalized spacial score (nSPS) is 18.4. The molecular weight excluding hydrogens is 757 g/mol. The van der Waals surface area contributed by atoms with Crippen LogP contribution in [-0.2, 0) is 22.4 Å². The Morgan fingerprint density at radius 3 is 1.96 bits per heavy atom. The average Bonchev–Trinajstić information content (AvgIpc) is 3.06. The largest absolute Gasteiger partial charge is 1.00 e. The molecule has 3 aliphatic rings. The molecule has 1 saturated heterocycles. The van der Waals surface area contributed by atoms with Crippen LogP contribution in [0.1, 0.15) is 82.2 Å². The van der Waals surface area contributed by atoms with E-state index in [-0.39, 0.29) is 41.9 Å². The summed E-state index contributed by atoms with van der Waals surface area (Å²) in [4.78, 5) is 30.7. The number of piperidine rings is 1. The summed E-state index contributed by atoms with van der Waals surface area (Å²) in [6.07, 6.45) is 6.52. The molecule has 3 atom stereocenters. The standard InChI is InChI=1S/C19H27NO3.C11H13NO2.C11H24NO.HI/c1-12(2)7-14-11-20-6-5-13-8-18(22-3)19(23-4)9-15(13)16(20)10-17(14)21;1-13-10-5-8-3-4-12-7-9(8)6-11(10)14-2;1-9(2)7-11(10(3)13)8-12(4,5)6;/h8-9,12,14,16H,5-7,10-11H2,1-4H3;5-7H,3-4H2,1-2H3;9,11H,7-8H2,1-6H3;1H/q;;+1;/p-1. The van der Waals surface area contributed by atoms with Crippen LogP contribution in [0.15, 0.2) is 29.3 Å². The van der Waals surface area contributed by atoms with Gasteiger partial charge in [0.1, 0.15) is 11.6 Å². The number of halogens is 1. The molecule has 0 bridgehead atoms. The number of hydrogen-bond donors (Lipinski definition) is 0. The molecule has 0 aliphatic carbocycles. The maximum atomic E-state index is 12.6. The van der Waals surface area contributed by atoms with Crippen LogP contribution in [0.2, 0.25) is 0 Å². The first kappa shape index (κ1) is 44.5. The number of rotatable bonds is 11. The molecule has 0 radical (unpaired) electrons. The Balaban J connectivity index is 0.000000280. The molecule has 0 aromatic heterocycles. The molecule has 9 nitrogen and oxygen atoms in total. The first-order valence-electron chi connectivity index (χ1n) is 18.2. The number of aliphatic imine (C=N–C) groups is 1. The minimum Gasteiger partial charge on any atom is -1.00 e. The predicted octanol–water partition coefficient (Wildman–Crippen LogP) is 3.86. The smallest absolute Gasteiger partial charge is 0.161 e. The number of Topliss-reactive ketones (excluding diaryl/α,β-unsaturated/α-hetero) is 2. The second kappa shape index (κ2) is 20.5. The minimum absolute atomic E-state index is 0. The van der Waals surface area contributed by atoms with E-state index in [1.165, 1.54) is 16.7 Å². The number of fused-ring (bicyclic) bond motifs is 4. The highest BCUT2D eigenvalue weighted by molar-refractivity contribution is 5.84. The number of quaternary nitrogens is 1. The van der Waals surface area contributed by atoms with Crippen LogP contribution < -0.4 is 42.9 Å². The predicted molar refractivity (Wildman–Crippen MR) is 202 cm³/mol. The number of carbonyl (C=O) groups is 2. The van der Waals surface area contributed by atoms with Gasteiger partial charge in [-0.3, -0.25) is 19.5 Å². The number of methoxy groups -OCH3 is 4. The Morgan fingerprint density at radius 2 is 1.43 bits per heavy atom. The first-order chi connectivity index (χ1) is 23.6. The number of carbonyl (C=O) groups excluding carboxylic acids is 2. The quantitative estimate of drug-likeness (QED) is 0.252. The second-order valence-corrected chi connectivity index (χ2v) is 15.8. The highest BCUT2D eigenvalue weighted by Crippen LogP contribution is 2.42. The lowest BCUT2D eigenvalue weighted by atomic mass is 9.80. The number of ketones is 2. The second-order valence-electron chi connectivity index (χ2n) is 15.8. The zero-order valence-corrected chi connectivity index (χ0v) is 35.5. The molecule has 10 heteroatoms. The summed E-state index contributed by atoms with van der Waals surface area (Å²) in [5, 5.41) is 0. The molecule has 286 valence electrons. The molecule has 2 aromatic carbocycles. The van der Waals surface area contributed by atoms with Gasteiger partial charge in [-0.1, -0.05) is 27.7 Å². The molecule has 1 fully saturated rings. The van der Waals surface area contributed by atoms with Gasteiger partial charge in [-0.25, -0.2) is 0 Å². The Morgan fingerprint density at radius 1 is 0.863 bits per heavy atom. The van der Waals surface area contributed by atoms with Gasteiger partial charge in [-0.2, -0.15) is 0 Å². The topological polar surface area (TPSA) is 86.7 Å². The summed E-state index contributed by atoms with van der Waals surface area (Å²) in [5.74, 6) is 5.46. The molecule has 3 unspecified atom stereocenters. The van der Waals surface area contributed by atoms with Crippen LogP contribution in [0, 0.1) is 23.7 Å². The van der Waals surface area contributed by atoms with Crippen molar-refractivity contribution in [2.24, 2.45) is 28.7 Å². The maximum Gasteiger partial charge on any atom is 0.161 e. The van der Waals surface area contributed by atoms with E-state index in [0.29, 0.717) is 29.8 Å². The molecule has 2 aromatic rings. The molecule has 5 rings (SSSR count). The lowest BCUT2D eigenvalue weighted by Gasteiger charge is -2.43. The third-order valence-electron chi connectivity index (χ3n) is 9.66. The SMILES string of the molecule is CC(=O)C(CC(C)C)C[N+](C)(C)C.COc1cc2c(cc1OC)C1CC(=O)C(CC(C)C)CN1CC2.COc1cc2c(cc1OC)CCN=C2.[I-]. The molecule has 3 heterocycles. The van der Waals surface area contributed by atoms with Gasteiger partial charge in [0.05, 0.1) is 62.0 Å². The average molecular weight is 822 g/mol. The Labute approximate surface area is 325 Å². The number of ether oxygens (including phenoxy) is 4. The first-order valence-corrected chi connectivity index (χ1v) is 18.2. The Kier molecular flexibility index (Phi) is 17.9. The molecule has 51 heavy (non-hydrogen) atoms. The van der Waals surface area contributed by atoms with Crippen molar-refractivity contribution in [3.05, 3.63) is 46.5 Å². The van der Waals surface area contributed by atoms with Crippen LogP contribution in [0.3, 0.4) is 0 Å². The monoisotopic (exact) mass is 821 g/mol. The Hall–Kier alpha value is -2.70.